The minimum atomic E-state index is -3.99. The third-order valence-electron chi connectivity index (χ3n) is 4.97. The molecule has 1 amide bonds. The quantitative estimate of drug-likeness (QED) is 0.809. The normalized spacial score (nSPS) is 20.5. The number of carbonyl (C=O) groups excluding carboxylic acids is 1. The smallest absolute Gasteiger partial charge is 0.251 e. The fraction of sp³-hybridized carbons (Fsp3) is 0.611. The maximum Gasteiger partial charge on any atom is 0.251 e. The van der Waals surface area contributed by atoms with Gasteiger partial charge in [0.1, 0.15) is 10.7 Å². The van der Waals surface area contributed by atoms with Crippen LogP contribution < -0.4 is 5.32 Å². The Morgan fingerprint density at radius 2 is 1.77 bits per heavy atom. The highest BCUT2D eigenvalue weighted by Gasteiger charge is 2.30. The number of halogens is 1. The minimum Gasteiger partial charge on any atom is -0.379 e. The summed E-state index contributed by atoms with van der Waals surface area (Å²) in [6, 6.07) is 3.62. The second kappa shape index (κ2) is 8.45. The number of carbonyl (C=O) groups is 1. The lowest BCUT2D eigenvalue weighted by Crippen LogP contribution is -2.41. The average Bonchev–Trinajstić information content (AvgIpc) is 2.91. The van der Waals surface area contributed by atoms with E-state index in [2.05, 4.69) is 5.32 Å². The first-order valence-corrected chi connectivity index (χ1v) is 10.6. The molecule has 2 aliphatic rings. The maximum atomic E-state index is 14.2. The zero-order chi connectivity index (χ0) is 18.6. The van der Waals surface area contributed by atoms with E-state index >= 15 is 0 Å². The third-order valence-corrected chi connectivity index (χ3v) is 6.89. The average molecular weight is 384 g/mol. The number of ether oxygens (including phenoxy) is 1. The molecule has 0 radical (unpaired) electrons. The van der Waals surface area contributed by atoms with Crippen molar-refractivity contribution in [3.05, 3.63) is 29.6 Å². The van der Waals surface area contributed by atoms with Gasteiger partial charge in [-0.05, 0) is 31.0 Å². The molecule has 1 saturated heterocycles. The molecule has 0 atom stereocenters. The SMILES string of the molecule is O=C(NC1CCCCCC1)c1ccc(F)c(S(=O)(=O)N2CCOCC2)c1. The van der Waals surface area contributed by atoms with Crippen LogP contribution in [0.3, 0.4) is 0 Å². The number of amides is 1. The van der Waals surface area contributed by atoms with Gasteiger partial charge in [-0.2, -0.15) is 4.31 Å². The highest BCUT2D eigenvalue weighted by atomic mass is 32.2. The summed E-state index contributed by atoms with van der Waals surface area (Å²) in [5.74, 6) is -1.20. The molecule has 0 spiro atoms. The molecule has 8 heteroatoms. The van der Waals surface area contributed by atoms with Crippen LogP contribution in [0.2, 0.25) is 0 Å². The van der Waals surface area contributed by atoms with Crippen molar-refractivity contribution >= 4 is 15.9 Å². The number of nitrogens with zero attached hydrogens (tertiary/aromatic N) is 1. The molecule has 144 valence electrons. The molecule has 1 aromatic rings. The van der Waals surface area contributed by atoms with Crippen molar-refractivity contribution in [1.29, 1.82) is 0 Å². The number of sulfonamides is 1. The maximum absolute atomic E-state index is 14.2. The van der Waals surface area contributed by atoms with Gasteiger partial charge in [-0.25, -0.2) is 12.8 Å². The first kappa shape index (κ1) is 19.3. The summed E-state index contributed by atoms with van der Waals surface area (Å²) in [5.41, 5.74) is 0.169. The molecule has 1 aliphatic heterocycles. The van der Waals surface area contributed by atoms with Crippen LogP contribution in [0.5, 0.6) is 0 Å². The topological polar surface area (TPSA) is 75.7 Å². The predicted octanol–water partition coefficient (Wildman–Crippen LogP) is 2.30. The molecule has 0 unspecified atom stereocenters. The highest BCUT2D eigenvalue weighted by molar-refractivity contribution is 7.89. The Morgan fingerprint density at radius 3 is 2.42 bits per heavy atom. The van der Waals surface area contributed by atoms with Gasteiger partial charge in [-0.15, -0.1) is 0 Å². The van der Waals surface area contributed by atoms with Crippen LogP contribution >= 0.6 is 0 Å². The Balaban J connectivity index is 1.79. The van der Waals surface area contributed by atoms with Crippen LogP contribution in [0.4, 0.5) is 4.39 Å². The summed E-state index contributed by atoms with van der Waals surface area (Å²) in [6.45, 7) is 0.923. The van der Waals surface area contributed by atoms with Gasteiger partial charge in [-0.3, -0.25) is 4.79 Å². The van der Waals surface area contributed by atoms with Crippen LogP contribution in [0.25, 0.3) is 0 Å². The van der Waals surface area contributed by atoms with E-state index in [0.29, 0.717) is 0 Å². The number of benzene rings is 1. The number of hydrogen-bond donors (Lipinski definition) is 1. The Hall–Kier alpha value is -1.51. The van der Waals surface area contributed by atoms with E-state index in [0.717, 1.165) is 37.8 Å². The van der Waals surface area contributed by atoms with Gasteiger partial charge in [0.15, 0.2) is 0 Å². The van der Waals surface area contributed by atoms with E-state index in [-0.39, 0.29) is 43.8 Å². The van der Waals surface area contributed by atoms with Crippen molar-refractivity contribution in [1.82, 2.24) is 9.62 Å². The molecule has 1 aliphatic carbocycles. The van der Waals surface area contributed by atoms with Crippen LogP contribution in [0.1, 0.15) is 48.9 Å². The van der Waals surface area contributed by atoms with E-state index in [4.69, 9.17) is 4.74 Å². The van der Waals surface area contributed by atoms with E-state index < -0.39 is 20.7 Å². The van der Waals surface area contributed by atoms with E-state index in [1.54, 1.807) is 0 Å². The second-order valence-corrected chi connectivity index (χ2v) is 8.73. The number of nitrogens with one attached hydrogen (secondary N) is 1. The van der Waals surface area contributed by atoms with Crippen molar-refractivity contribution in [3.63, 3.8) is 0 Å². The lowest BCUT2D eigenvalue weighted by atomic mass is 10.1. The fourth-order valence-electron chi connectivity index (χ4n) is 3.46. The number of rotatable bonds is 4. The summed E-state index contributed by atoms with van der Waals surface area (Å²) in [6.07, 6.45) is 6.34. The van der Waals surface area contributed by atoms with Crippen molar-refractivity contribution in [3.8, 4) is 0 Å². The van der Waals surface area contributed by atoms with E-state index in [1.165, 1.54) is 23.2 Å². The lowest BCUT2D eigenvalue weighted by molar-refractivity contribution is 0.0729. The zero-order valence-electron chi connectivity index (χ0n) is 14.7. The molecule has 1 heterocycles. The Bertz CT molecular complexity index is 740. The first-order chi connectivity index (χ1) is 12.5. The summed E-state index contributed by atoms with van der Waals surface area (Å²) in [7, 11) is -3.99. The minimum absolute atomic E-state index is 0.0920. The van der Waals surface area contributed by atoms with Crippen molar-refractivity contribution in [2.45, 2.75) is 49.5 Å². The first-order valence-electron chi connectivity index (χ1n) is 9.17. The molecule has 1 aromatic carbocycles. The monoisotopic (exact) mass is 384 g/mol. The Labute approximate surface area is 153 Å². The van der Waals surface area contributed by atoms with Gasteiger partial charge in [-0.1, -0.05) is 25.7 Å². The van der Waals surface area contributed by atoms with Gasteiger partial charge in [0.25, 0.3) is 5.91 Å². The van der Waals surface area contributed by atoms with Gasteiger partial charge in [0.2, 0.25) is 10.0 Å². The van der Waals surface area contributed by atoms with Gasteiger partial charge in [0.05, 0.1) is 13.2 Å². The van der Waals surface area contributed by atoms with Gasteiger partial charge < -0.3 is 10.1 Å². The summed E-state index contributed by atoms with van der Waals surface area (Å²) < 4.78 is 46.0. The number of hydrogen-bond acceptors (Lipinski definition) is 4. The van der Waals surface area contributed by atoms with E-state index in [9.17, 15) is 17.6 Å². The van der Waals surface area contributed by atoms with Crippen LogP contribution in [-0.2, 0) is 14.8 Å². The van der Waals surface area contributed by atoms with Crippen molar-refractivity contribution in [2.75, 3.05) is 26.3 Å². The summed E-state index contributed by atoms with van der Waals surface area (Å²) in [5, 5.41) is 2.96. The standard InChI is InChI=1S/C18H25FN2O4S/c19-16-8-7-14(18(22)20-15-5-3-1-2-4-6-15)13-17(16)26(23,24)21-9-11-25-12-10-21/h7-8,13,15H,1-6,9-12H2,(H,20,22). The zero-order valence-corrected chi connectivity index (χ0v) is 15.6. The van der Waals surface area contributed by atoms with Crippen LogP contribution in [0.15, 0.2) is 23.1 Å². The molecule has 6 nitrogen and oxygen atoms in total. The highest BCUT2D eigenvalue weighted by Crippen LogP contribution is 2.23. The van der Waals surface area contributed by atoms with Crippen molar-refractivity contribution in [2.24, 2.45) is 0 Å². The molecule has 3 rings (SSSR count). The van der Waals surface area contributed by atoms with E-state index in [1.807, 2.05) is 0 Å². The molecule has 2 fully saturated rings. The van der Waals surface area contributed by atoms with Crippen LogP contribution in [0, 0.1) is 5.82 Å². The second-order valence-electron chi connectivity index (χ2n) is 6.82. The summed E-state index contributed by atoms with van der Waals surface area (Å²) in [4.78, 5) is 12.1. The number of morpholine rings is 1. The molecule has 0 bridgehead atoms. The molecule has 26 heavy (non-hydrogen) atoms. The lowest BCUT2D eigenvalue weighted by Gasteiger charge is -2.26. The van der Waals surface area contributed by atoms with Crippen molar-refractivity contribution < 1.29 is 22.3 Å². The molecule has 1 N–H and O–H groups in total. The Morgan fingerprint density at radius 1 is 1.12 bits per heavy atom. The molecular weight excluding hydrogens is 359 g/mol. The van der Waals surface area contributed by atoms with Crippen LogP contribution in [-0.4, -0.2) is 51.0 Å². The molecule has 1 saturated carbocycles. The summed E-state index contributed by atoms with van der Waals surface area (Å²) >= 11 is 0. The largest absolute Gasteiger partial charge is 0.379 e. The third kappa shape index (κ3) is 4.42. The Kier molecular flexibility index (Phi) is 6.26. The fourth-order valence-corrected chi connectivity index (χ4v) is 4.96. The van der Waals surface area contributed by atoms with Gasteiger partial charge in [0, 0.05) is 24.7 Å². The predicted molar refractivity (Wildman–Crippen MR) is 94.9 cm³/mol. The van der Waals surface area contributed by atoms with Gasteiger partial charge >= 0.3 is 0 Å². The molecule has 0 aromatic heterocycles. The molecular formula is C18H25FN2O4S.